The molecule has 120 valence electrons. The van der Waals surface area contributed by atoms with Gasteiger partial charge in [0.25, 0.3) is 0 Å². The van der Waals surface area contributed by atoms with E-state index in [0.717, 1.165) is 27.4 Å². The van der Waals surface area contributed by atoms with Gasteiger partial charge < -0.3 is 13.7 Å². The lowest BCUT2D eigenvalue weighted by Crippen LogP contribution is -2.41. The number of nitriles is 1. The van der Waals surface area contributed by atoms with Gasteiger partial charge in [-0.15, -0.1) is 0 Å². The molecule has 0 saturated carbocycles. The minimum Gasteiger partial charge on any atom is -0.456 e. The van der Waals surface area contributed by atoms with Gasteiger partial charge >= 0.3 is 7.12 Å². The predicted molar refractivity (Wildman–Crippen MR) is 94.2 cm³/mol. The Bertz CT molecular complexity index is 981. The van der Waals surface area contributed by atoms with Gasteiger partial charge in [-0.1, -0.05) is 12.1 Å². The summed E-state index contributed by atoms with van der Waals surface area (Å²) >= 11 is 0. The molecule has 1 aromatic heterocycles. The van der Waals surface area contributed by atoms with E-state index in [9.17, 15) is 0 Å². The molecule has 1 saturated heterocycles. The molecule has 1 aliphatic heterocycles. The van der Waals surface area contributed by atoms with Crippen LogP contribution in [0.5, 0.6) is 0 Å². The van der Waals surface area contributed by atoms with Gasteiger partial charge in [-0.3, -0.25) is 0 Å². The van der Waals surface area contributed by atoms with Gasteiger partial charge in [0.2, 0.25) is 0 Å². The normalized spacial score (nSPS) is 19.0. The van der Waals surface area contributed by atoms with Gasteiger partial charge in [0.05, 0.1) is 22.8 Å². The highest BCUT2D eigenvalue weighted by Gasteiger charge is 2.51. The maximum absolute atomic E-state index is 9.03. The fourth-order valence-corrected chi connectivity index (χ4v) is 2.99. The summed E-state index contributed by atoms with van der Waals surface area (Å²) in [4.78, 5) is 0. The van der Waals surface area contributed by atoms with Crippen LogP contribution in [0.25, 0.3) is 21.9 Å². The van der Waals surface area contributed by atoms with E-state index in [4.69, 9.17) is 19.0 Å². The highest BCUT2D eigenvalue weighted by Crippen LogP contribution is 2.37. The molecule has 2 aromatic carbocycles. The standard InChI is InChI=1S/C19H18BNO3/c1-18(2)19(3,4)24-20(23-18)13-6-8-15-14-7-5-12(11-21)9-16(14)22-17(15)10-13/h5-10H,1-4H3. The van der Waals surface area contributed by atoms with Crippen LogP contribution in [0.2, 0.25) is 0 Å². The van der Waals surface area contributed by atoms with Crippen LogP contribution in [0.4, 0.5) is 0 Å². The van der Waals surface area contributed by atoms with E-state index in [1.165, 1.54) is 0 Å². The molecule has 0 atom stereocenters. The summed E-state index contributed by atoms with van der Waals surface area (Å²) in [5, 5.41) is 11.1. The zero-order valence-electron chi connectivity index (χ0n) is 14.2. The van der Waals surface area contributed by atoms with Gasteiger partial charge in [0, 0.05) is 10.8 Å². The number of fused-ring (bicyclic) bond motifs is 3. The lowest BCUT2D eigenvalue weighted by Gasteiger charge is -2.32. The monoisotopic (exact) mass is 319 g/mol. The van der Waals surface area contributed by atoms with Crippen LogP contribution in [0.3, 0.4) is 0 Å². The Balaban J connectivity index is 1.79. The fourth-order valence-electron chi connectivity index (χ4n) is 2.99. The van der Waals surface area contributed by atoms with Crippen LogP contribution < -0.4 is 5.46 Å². The summed E-state index contributed by atoms with van der Waals surface area (Å²) in [7, 11) is -0.415. The number of furan rings is 1. The van der Waals surface area contributed by atoms with Crippen molar-refractivity contribution in [1.29, 1.82) is 5.26 Å². The molecule has 0 aliphatic carbocycles. The minimum absolute atomic E-state index is 0.373. The smallest absolute Gasteiger partial charge is 0.456 e. The first-order valence-electron chi connectivity index (χ1n) is 8.03. The Kier molecular flexibility index (Phi) is 3.09. The summed E-state index contributed by atoms with van der Waals surface area (Å²) in [5.74, 6) is 0. The van der Waals surface area contributed by atoms with Crippen LogP contribution in [-0.4, -0.2) is 18.3 Å². The zero-order valence-corrected chi connectivity index (χ0v) is 14.2. The molecule has 2 heterocycles. The Labute approximate surface area is 141 Å². The van der Waals surface area contributed by atoms with Crippen molar-refractivity contribution in [3.8, 4) is 6.07 Å². The third-order valence-electron chi connectivity index (χ3n) is 5.15. The van der Waals surface area contributed by atoms with E-state index < -0.39 is 7.12 Å². The van der Waals surface area contributed by atoms with E-state index in [0.29, 0.717) is 5.56 Å². The van der Waals surface area contributed by atoms with Crippen molar-refractivity contribution in [3.63, 3.8) is 0 Å². The van der Waals surface area contributed by atoms with Crippen molar-refractivity contribution in [3.05, 3.63) is 42.0 Å². The van der Waals surface area contributed by atoms with Crippen LogP contribution in [0, 0.1) is 11.3 Å². The molecule has 0 N–H and O–H groups in total. The van der Waals surface area contributed by atoms with Crippen molar-refractivity contribution in [1.82, 2.24) is 0 Å². The first-order valence-corrected chi connectivity index (χ1v) is 8.03. The van der Waals surface area contributed by atoms with E-state index in [1.807, 2.05) is 52.0 Å². The summed E-state index contributed by atoms with van der Waals surface area (Å²) in [6.45, 7) is 8.15. The molecule has 1 fully saturated rings. The summed E-state index contributed by atoms with van der Waals surface area (Å²) in [5.41, 5.74) is 2.26. The first-order chi connectivity index (χ1) is 11.3. The third kappa shape index (κ3) is 2.15. The van der Waals surface area contributed by atoms with E-state index in [2.05, 4.69) is 6.07 Å². The van der Waals surface area contributed by atoms with Crippen LogP contribution in [-0.2, 0) is 9.31 Å². The Morgan fingerprint density at radius 3 is 2.08 bits per heavy atom. The van der Waals surface area contributed by atoms with E-state index in [1.54, 1.807) is 12.1 Å². The molecule has 0 bridgehead atoms. The number of hydrogen-bond acceptors (Lipinski definition) is 4. The molecule has 1 aliphatic rings. The number of benzene rings is 2. The van der Waals surface area contributed by atoms with Crippen LogP contribution in [0.1, 0.15) is 33.3 Å². The summed E-state index contributed by atoms with van der Waals surface area (Å²) < 4.78 is 18.1. The lowest BCUT2D eigenvalue weighted by atomic mass is 9.79. The van der Waals surface area contributed by atoms with Gasteiger partial charge in [-0.05, 0) is 57.4 Å². The molecule has 3 aromatic rings. The molecule has 0 radical (unpaired) electrons. The minimum atomic E-state index is -0.415. The van der Waals surface area contributed by atoms with Crippen molar-refractivity contribution >= 4 is 34.5 Å². The molecule has 4 rings (SSSR count). The second-order valence-corrected chi connectivity index (χ2v) is 7.27. The predicted octanol–water partition coefficient (Wildman–Crippen LogP) is 3.76. The van der Waals surface area contributed by atoms with E-state index >= 15 is 0 Å². The number of hydrogen-bond donors (Lipinski definition) is 0. The average Bonchev–Trinajstić information content (AvgIpc) is 2.99. The zero-order chi connectivity index (χ0) is 17.1. The van der Waals surface area contributed by atoms with Gasteiger partial charge in [0.15, 0.2) is 0 Å². The number of nitrogens with zero attached hydrogens (tertiary/aromatic N) is 1. The second kappa shape index (κ2) is 4.86. The first kappa shape index (κ1) is 15.3. The van der Waals surface area contributed by atoms with Crippen LogP contribution in [0.15, 0.2) is 40.8 Å². The third-order valence-corrected chi connectivity index (χ3v) is 5.15. The second-order valence-electron chi connectivity index (χ2n) is 7.27. The molecular formula is C19H18BNO3. The quantitative estimate of drug-likeness (QED) is 0.641. The van der Waals surface area contributed by atoms with Crippen molar-refractivity contribution < 1.29 is 13.7 Å². The topological polar surface area (TPSA) is 55.4 Å². The van der Waals surface area contributed by atoms with Crippen molar-refractivity contribution in [2.75, 3.05) is 0 Å². The number of rotatable bonds is 1. The Morgan fingerprint density at radius 1 is 0.875 bits per heavy atom. The highest BCUT2D eigenvalue weighted by atomic mass is 16.7. The van der Waals surface area contributed by atoms with E-state index in [-0.39, 0.29) is 11.2 Å². The maximum Gasteiger partial charge on any atom is 0.494 e. The molecule has 0 spiro atoms. The van der Waals surface area contributed by atoms with Crippen molar-refractivity contribution in [2.45, 2.75) is 38.9 Å². The largest absolute Gasteiger partial charge is 0.494 e. The fraction of sp³-hybridized carbons (Fsp3) is 0.316. The lowest BCUT2D eigenvalue weighted by molar-refractivity contribution is 0.00578. The summed E-state index contributed by atoms with van der Waals surface area (Å²) in [6.07, 6.45) is 0. The van der Waals surface area contributed by atoms with Gasteiger partial charge in [-0.2, -0.15) is 5.26 Å². The average molecular weight is 319 g/mol. The molecule has 5 heteroatoms. The SMILES string of the molecule is CC1(C)OB(c2ccc3c(c2)oc2cc(C#N)ccc23)OC1(C)C. The molecule has 4 nitrogen and oxygen atoms in total. The van der Waals surface area contributed by atoms with Crippen molar-refractivity contribution in [2.24, 2.45) is 0 Å². The maximum atomic E-state index is 9.03. The molecular weight excluding hydrogens is 301 g/mol. The molecule has 24 heavy (non-hydrogen) atoms. The summed E-state index contributed by atoms with van der Waals surface area (Å²) in [6, 6.07) is 13.6. The Hall–Kier alpha value is -2.29. The van der Waals surface area contributed by atoms with Crippen LogP contribution >= 0.6 is 0 Å². The molecule has 0 unspecified atom stereocenters. The Morgan fingerprint density at radius 2 is 1.46 bits per heavy atom. The van der Waals surface area contributed by atoms with Gasteiger partial charge in [0.1, 0.15) is 11.2 Å². The van der Waals surface area contributed by atoms with Gasteiger partial charge in [-0.25, -0.2) is 0 Å². The highest BCUT2D eigenvalue weighted by molar-refractivity contribution is 6.62. The molecule has 0 amide bonds.